The average Bonchev–Trinajstić information content (AvgIpc) is 3.12. The number of hydrogen-bond donors (Lipinski definition) is 2. The molecule has 2 aromatic carbocycles. The molecule has 0 saturated carbocycles. The van der Waals surface area contributed by atoms with E-state index < -0.39 is 11.6 Å². The smallest absolute Gasteiger partial charge is 0.248 e. The van der Waals surface area contributed by atoms with Crippen LogP contribution in [-0.4, -0.2) is 16.0 Å². The van der Waals surface area contributed by atoms with Crippen molar-refractivity contribution < 1.29 is 9.32 Å². The number of nitrogens with zero attached hydrogens (tertiary/aromatic N) is 2. The summed E-state index contributed by atoms with van der Waals surface area (Å²) in [5.41, 5.74) is 6.92. The molecule has 0 bridgehead atoms. The highest BCUT2D eigenvalue weighted by atomic mass is 35.5. The summed E-state index contributed by atoms with van der Waals surface area (Å²) in [5, 5.41) is 6.84. The molecule has 1 heterocycles. The highest BCUT2D eigenvalue weighted by molar-refractivity contribution is 5.87. The van der Waals surface area contributed by atoms with Crippen molar-refractivity contribution in [3.8, 4) is 0 Å². The van der Waals surface area contributed by atoms with Gasteiger partial charge in [0.25, 0.3) is 0 Å². The standard InChI is InChI=1S/C20H22N4O2.ClH/c1-14(22-19(25)20(2,21)16-11-7-4-8-12-16)18-23-17(24-26-18)13-15-9-5-3-6-10-15;/h3-12,14H,13,21H2,1-2H3,(H,22,25);1H. The van der Waals surface area contributed by atoms with Crippen LogP contribution in [0.4, 0.5) is 0 Å². The number of rotatable bonds is 6. The van der Waals surface area contributed by atoms with Gasteiger partial charge >= 0.3 is 0 Å². The molecule has 0 saturated heterocycles. The van der Waals surface area contributed by atoms with Gasteiger partial charge in [-0.2, -0.15) is 4.98 Å². The number of carbonyl (C=O) groups is 1. The molecule has 0 radical (unpaired) electrons. The fraction of sp³-hybridized carbons (Fsp3) is 0.250. The first-order valence-corrected chi connectivity index (χ1v) is 8.48. The Balaban J connectivity index is 0.00000261. The van der Waals surface area contributed by atoms with E-state index >= 15 is 0 Å². The number of amides is 1. The van der Waals surface area contributed by atoms with Gasteiger partial charge in [-0.25, -0.2) is 0 Å². The van der Waals surface area contributed by atoms with E-state index in [2.05, 4.69) is 15.5 Å². The van der Waals surface area contributed by atoms with Crippen LogP contribution in [0.2, 0.25) is 0 Å². The van der Waals surface area contributed by atoms with Gasteiger partial charge in [-0.3, -0.25) is 4.79 Å². The van der Waals surface area contributed by atoms with E-state index in [1.54, 1.807) is 13.8 Å². The van der Waals surface area contributed by atoms with E-state index in [1.807, 2.05) is 60.7 Å². The highest BCUT2D eigenvalue weighted by Crippen LogP contribution is 2.20. The summed E-state index contributed by atoms with van der Waals surface area (Å²) < 4.78 is 5.30. The number of aromatic nitrogens is 2. The van der Waals surface area contributed by atoms with E-state index in [-0.39, 0.29) is 18.3 Å². The van der Waals surface area contributed by atoms with Crippen molar-refractivity contribution in [3.63, 3.8) is 0 Å². The SMILES string of the molecule is CC(NC(=O)C(C)(N)c1ccccc1)c1nc(Cc2ccccc2)no1.Cl. The van der Waals surface area contributed by atoms with Gasteiger partial charge in [0.15, 0.2) is 5.82 Å². The zero-order valence-electron chi connectivity index (χ0n) is 15.3. The van der Waals surface area contributed by atoms with Crippen LogP contribution in [0.5, 0.6) is 0 Å². The Morgan fingerprint density at radius 1 is 1.15 bits per heavy atom. The summed E-state index contributed by atoms with van der Waals surface area (Å²) in [7, 11) is 0. The molecule has 0 aliphatic rings. The number of nitrogens with one attached hydrogen (secondary N) is 1. The monoisotopic (exact) mass is 386 g/mol. The third kappa shape index (κ3) is 4.93. The van der Waals surface area contributed by atoms with Crippen LogP contribution < -0.4 is 11.1 Å². The number of carbonyl (C=O) groups excluding carboxylic acids is 1. The van der Waals surface area contributed by atoms with Gasteiger partial charge in [-0.1, -0.05) is 65.8 Å². The van der Waals surface area contributed by atoms with Gasteiger partial charge in [0.05, 0.1) is 0 Å². The zero-order chi connectivity index (χ0) is 18.6. The minimum Gasteiger partial charge on any atom is -0.343 e. The van der Waals surface area contributed by atoms with Crippen molar-refractivity contribution in [2.75, 3.05) is 0 Å². The summed E-state index contributed by atoms with van der Waals surface area (Å²) >= 11 is 0. The molecule has 142 valence electrons. The molecule has 3 N–H and O–H groups in total. The maximum Gasteiger partial charge on any atom is 0.248 e. The summed E-state index contributed by atoms with van der Waals surface area (Å²) in [4.78, 5) is 17.0. The van der Waals surface area contributed by atoms with Gasteiger partial charge in [0, 0.05) is 6.42 Å². The number of halogens is 1. The Labute approximate surface area is 164 Å². The largest absolute Gasteiger partial charge is 0.343 e. The molecule has 0 spiro atoms. The third-order valence-corrected chi connectivity index (χ3v) is 4.25. The lowest BCUT2D eigenvalue weighted by molar-refractivity contribution is -0.127. The minimum absolute atomic E-state index is 0. The van der Waals surface area contributed by atoms with Crippen LogP contribution in [0, 0.1) is 0 Å². The van der Waals surface area contributed by atoms with Crippen LogP contribution in [0.3, 0.4) is 0 Å². The summed E-state index contributed by atoms with van der Waals surface area (Å²) in [6, 6.07) is 18.7. The first-order valence-electron chi connectivity index (χ1n) is 8.48. The fourth-order valence-corrected chi connectivity index (χ4v) is 2.62. The van der Waals surface area contributed by atoms with E-state index in [9.17, 15) is 4.79 Å². The molecule has 27 heavy (non-hydrogen) atoms. The zero-order valence-corrected chi connectivity index (χ0v) is 16.1. The maximum atomic E-state index is 12.6. The molecule has 0 fully saturated rings. The van der Waals surface area contributed by atoms with Gasteiger partial charge < -0.3 is 15.6 Å². The van der Waals surface area contributed by atoms with Crippen LogP contribution in [0.15, 0.2) is 65.2 Å². The Bertz CT molecular complexity index is 866. The fourth-order valence-electron chi connectivity index (χ4n) is 2.62. The molecule has 7 heteroatoms. The molecule has 3 rings (SSSR count). The van der Waals surface area contributed by atoms with Crippen molar-refractivity contribution >= 4 is 18.3 Å². The summed E-state index contributed by atoms with van der Waals surface area (Å²) in [6.07, 6.45) is 0.573. The molecular formula is C20H23ClN4O2. The van der Waals surface area contributed by atoms with E-state index in [0.717, 1.165) is 11.1 Å². The van der Waals surface area contributed by atoms with Gasteiger partial charge in [0.2, 0.25) is 11.8 Å². The lowest BCUT2D eigenvalue weighted by Crippen LogP contribution is -2.49. The second-order valence-electron chi connectivity index (χ2n) is 6.47. The third-order valence-electron chi connectivity index (χ3n) is 4.25. The van der Waals surface area contributed by atoms with E-state index in [1.165, 1.54) is 0 Å². The Hall–Kier alpha value is -2.70. The molecule has 2 unspecified atom stereocenters. The second-order valence-corrected chi connectivity index (χ2v) is 6.47. The van der Waals surface area contributed by atoms with Crippen molar-refractivity contribution in [1.82, 2.24) is 15.5 Å². The molecule has 1 amide bonds. The van der Waals surface area contributed by atoms with Crippen LogP contribution >= 0.6 is 12.4 Å². The predicted octanol–water partition coefficient (Wildman–Crippen LogP) is 3.13. The lowest BCUT2D eigenvalue weighted by atomic mass is 9.92. The molecule has 6 nitrogen and oxygen atoms in total. The van der Waals surface area contributed by atoms with Gasteiger partial charge in [0.1, 0.15) is 11.6 Å². The van der Waals surface area contributed by atoms with Crippen LogP contribution in [0.25, 0.3) is 0 Å². The molecule has 3 aromatic rings. The summed E-state index contributed by atoms with van der Waals surface area (Å²) in [5.74, 6) is 0.623. The Kier molecular flexibility index (Phi) is 6.71. The number of benzene rings is 2. The molecular weight excluding hydrogens is 364 g/mol. The minimum atomic E-state index is -1.15. The lowest BCUT2D eigenvalue weighted by Gasteiger charge is -2.25. The van der Waals surface area contributed by atoms with Crippen molar-refractivity contribution in [3.05, 3.63) is 83.5 Å². The topological polar surface area (TPSA) is 94.0 Å². The van der Waals surface area contributed by atoms with Crippen LogP contribution in [-0.2, 0) is 16.8 Å². The predicted molar refractivity (Wildman–Crippen MR) is 105 cm³/mol. The second kappa shape index (κ2) is 8.79. The van der Waals surface area contributed by atoms with Crippen molar-refractivity contribution in [2.24, 2.45) is 5.73 Å². The van der Waals surface area contributed by atoms with Crippen molar-refractivity contribution in [2.45, 2.75) is 31.8 Å². The number of nitrogens with two attached hydrogens (primary N) is 1. The molecule has 2 atom stereocenters. The van der Waals surface area contributed by atoms with Gasteiger partial charge in [-0.15, -0.1) is 12.4 Å². The molecule has 0 aliphatic heterocycles. The summed E-state index contributed by atoms with van der Waals surface area (Å²) in [6.45, 7) is 3.47. The van der Waals surface area contributed by atoms with Crippen molar-refractivity contribution in [1.29, 1.82) is 0 Å². The molecule has 1 aromatic heterocycles. The average molecular weight is 387 g/mol. The van der Waals surface area contributed by atoms with Gasteiger partial charge in [-0.05, 0) is 25.0 Å². The van der Waals surface area contributed by atoms with E-state index in [0.29, 0.717) is 18.1 Å². The first-order chi connectivity index (χ1) is 12.5. The number of hydrogen-bond acceptors (Lipinski definition) is 5. The first kappa shape index (κ1) is 20.6. The normalized spacial score (nSPS) is 13.9. The van der Waals surface area contributed by atoms with E-state index in [4.69, 9.17) is 10.3 Å². The maximum absolute atomic E-state index is 12.6. The Morgan fingerprint density at radius 3 is 2.37 bits per heavy atom. The van der Waals surface area contributed by atoms with Crippen LogP contribution in [0.1, 0.15) is 42.7 Å². The quantitative estimate of drug-likeness (QED) is 0.678. The highest BCUT2D eigenvalue weighted by Gasteiger charge is 2.32. The molecule has 0 aliphatic carbocycles. The Morgan fingerprint density at radius 2 is 1.74 bits per heavy atom.